The summed E-state index contributed by atoms with van der Waals surface area (Å²) in [5, 5.41) is 4.57. The molecule has 0 saturated carbocycles. The van der Waals surface area contributed by atoms with Crippen LogP contribution in [-0.4, -0.2) is 52.7 Å². The van der Waals surface area contributed by atoms with Crippen molar-refractivity contribution in [2.24, 2.45) is 5.10 Å². The van der Waals surface area contributed by atoms with E-state index in [0.717, 1.165) is 4.31 Å². The quantitative estimate of drug-likeness (QED) is 0.273. The zero-order chi connectivity index (χ0) is 27.0. The summed E-state index contributed by atoms with van der Waals surface area (Å²) in [6, 6.07) is 15.9. The summed E-state index contributed by atoms with van der Waals surface area (Å²) in [6.45, 7) is -0.618. The van der Waals surface area contributed by atoms with Gasteiger partial charge in [-0.25, -0.2) is 13.8 Å². The van der Waals surface area contributed by atoms with Crippen LogP contribution in [0.5, 0.6) is 17.2 Å². The van der Waals surface area contributed by atoms with Crippen LogP contribution < -0.4 is 19.6 Å². The summed E-state index contributed by atoms with van der Waals surface area (Å²) >= 11 is 12.1. The van der Waals surface area contributed by atoms with Crippen molar-refractivity contribution in [3.63, 3.8) is 0 Å². The molecule has 0 fully saturated rings. The molecule has 0 aliphatic heterocycles. The Morgan fingerprint density at radius 1 is 0.946 bits per heavy atom. The second-order valence-electron chi connectivity index (χ2n) is 7.55. The Morgan fingerprint density at radius 3 is 2.27 bits per heavy atom. The maximum atomic E-state index is 13.3. The van der Waals surface area contributed by atoms with E-state index in [2.05, 4.69) is 10.5 Å². The third kappa shape index (κ3) is 6.92. The number of rotatable bonds is 11. The monoisotopic (exact) mass is 565 g/mol. The van der Waals surface area contributed by atoms with Crippen molar-refractivity contribution in [2.75, 3.05) is 27.9 Å². The van der Waals surface area contributed by atoms with Gasteiger partial charge < -0.3 is 14.2 Å². The Balaban J connectivity index is 1.82. The van der Waals surface area contributed by atoms with Crippen LogP contribution in [0.1, 0.15) is 11.1 Å². The van der Waals surface area contributed by atoms with Crippen molar-refractivity contribution < 1.29 is 27.4 Å². The summed E-state index contributed by atoms with van der Waals surface area (Å²) in [7, 11) is 0.403. The highest BCUT2D eigenvalue weighted by molar-refractivity contribution is 7.89. The van der Waals surface area contributed by atoms with E-state index in [1.54, 1.807) is 48.5 Å². The van der Waals surface area contributed by atoms with E-state index < -0.39 is 22.5 Å². The summed E-state index contributed by atoms with van der Waals surface area (Å²) in [6.07, 6.45) is 1.35. The van der Waals surface area contributed by atoms with Gasteiger partial charge in [-0.1, -0.05) is 47.5 Å². The number of carbonyl (C=O) groups is 1. The first-order valence-corrected chi connectivity index (χ1v) is 13.0. The second-order valence-corrected chi connectivity index (χ2v) is 10.3. The van der Waals surface area contributed by atoms with Crippen LogP contribution in [0.4, 0.5) is 0 Å². The molecular weight excluding hydrogens is 541 g/mol. The number of methoxy groups -OCH3 is 3. The molecule has 1 N–H and O–H groups in total. The number of hydrogen-bond acceptors (Lipinski definition) is 7. The Kier molecular flexibility index (Phi) is 9.76. The zero-order valence-electron chi connectivity index (χ0n) is 20.3. The van der Waals surface area contributed by atoms with Gasteiger partial charge >= 0.3 is 0 Å². The number of hydrogen-bond donors (Lipinski definition) is 1. The standard InChI is InChI=1S/C25H25Cl2N3O6S/c1-34-22-12-10-18(24(35-2)25(22)36-3)14-28-29-23(31)16-30(15-17-9-11-20(26)21(27)13-17)37(32,33)19-7-5-4-6-8-19/h4-14H,15-16H2,1-3H3,(H,29,31)/b28-14-. The Bertz CT molecular complexity index is 1380. The molecule has 0 bridgehead atoms. The lowest BCUT2D eigenvalue weighted by molar-refractivity contribution is -0.121. The van der Waals surface area contributed by atoms with Gasteiger partial charge in [0.15, 0.2) is 11.5 Å². The lowest BCUT2D eigenvalue weighted by Gasteiger charge is -2.21. The molecule has 3 aromatic carbocycles. The van der Waals surface area contributed by atoms with Crippen LogP contribution in [0.2, 0.25) is 10.0 Å². The molecule has 0 spiro atoms. The highest BCUT2D eigenvalue weighted by Crippen LogP contribution is 2.39. The topological polar surface area (TPSA) is 107 Å². The molecule has 196 valence electrons. The van der Waals surface area contributed by atoms with Gasteiger partial charge in [0.2, 0.25) is 15.8 Å². The number of nitrogens with one attached hydrogen (secondary N) is 1. The molecule has 0 aliphatic carbocycles. The van der Waals surface area contributed by atoms with Gasteiger partial charge in [-0.3, -0.25) is 4.79 Å². The third-order valence-electron chi connectivity index (χ3n) is 5.17. The van der Waals surface area contributed by atoms with Crippen LogP contribution in [0.3, 0.4) is 0 Å². The molecule has 3 rings (SSSR count). The largest absolute Gasteiger partial charge is 0.493 e. The molecule has 0 radical (unpaired) electrons. The zero-order valence-corrected chi connectivity index (χ0v) is 22.6. The average molecular weight is 566 g/mol. The summed E-state index contributed by atoms with van der Waals surface area (Å²) in [5.74, 6) is 0.523. The predicted octanol–water partition coefficient (Wildman–Crippen LogP) is 4.36. The number of halogens is 2. The van der Waals surface area contributed by atoms with E-state index in [1.807, 2.05) is 0 Å². The van der Waals surface area contributed by atoms with Gasteiger partial charge in [-0.2, -0.15) is 9.41 Å². The molecule has 0 heterocycles. The van der Waals surface area contributed by atoms with E-state index in [-0.39, 0.29) is 16.5 Å². The minimum Gasteiger partial charge on any atom is -0.493 e. The third-order valence-corrected chi connectivity index (χ3v) is 7.72. The minimum absolute atomic E-state index is 0.0430. The van der Waals surface area contributed by atoms with E-state index in [1.165, 1.54) is 39.7 Å². The molecule has 0 atom stereocenters. The predicted molar refractivity (Wildman–Crippen MR) is 142 cm³/mol. The minimum atomic E-state index is -4.03. The van der Waals surface area contributed by atoms with E-state index in [9.17, 15) is 13.2 Å². The second kappa shape index (κ2) is 12.8. The average Bonchev–Trinajstić information content (AvgIpc) is 2.90. The highest BCUT2D eigenvalue weighted by atomic mass is 35.5. The van der Waals surface area contributed by atoms with Crippen LogP contribution in [0.15, 0.2) is 70.7 Å². The van der Waals surface area contributed by atoms with Crippen LogP contribution in [0.25, 0.3) is 0 Å². The first kappa shape index (κ1) is 28.3. The van der Waals surface area contributed by atoms with Gasteiger partial charge in [0.05, 0.1) is 49.0 Å². The van der Waals surface area contributed by atoms with Gasteiger partial charge in [0.25, 0.3) is 5.91 Å². The van der Waals surface area contributed by atoms with Crippen molar-refractivity contribution in [3.05, 3.63) is 81.8 Å². The lowest BCUT2D eigenvalue weighted by Crippen LogP contribution is -2.39. The number of sulfonamides is 1. The van der Waals surface area contributed by atoms with Crippen molar-refractivity contribution in [1.29, 1.82) is 0 Å². The van der Waals surface area contributed by atoms with Gasteiger partial charge in [-0.15, -0.1) is 0 Å². The first-order valence-electron chi connectivity index (χ1n) is 10.8. The van der Waals surface area contributed by atoms with E-state index >= 15 is 0 Å². The highest BCUT2D eigenvalue weighted by Gasteiger charge is 2.27. The van der Waals surface area contributed by atoms with E-state index in [4.69, 9.17) is 37.4 Å². The van der Waals surface area contributed by atoms with Crippen LogP contribution in [-0.2, 0) is 21.4 Å². The van der Waals surface area contributed by atoms with Gasteiger partial charge in [0, 0.05) is 12.1 Å². The molecule has 0 aliphatic rings. The van der Waals surface area contributed by atoms with Crippen molar-refractivity contribution in [1.82, 2.24) is 9.73 Å². The molecule has 0 aromatic heterocycles. The maximum Gasteiger partial charge on any atom is 0.255 e. The Hall–Kier alpha value is -3.31. The Morgan fingerprint density at radius 2 is 1.65 bits per heavy atom. The molecular formula is C25H25Cl2N3O6S. The summed E-state index contributed by atoms with van der Waals surface area (Å²) in [5.41, 5.74) is 3.42. The van der Waals surface area contributed by atoms with Crippen molar-refractivity contribution >= 4 is 45.3 Å². The molecule has 0 saturated heterocycles. The SMILES string of the molecule is COc1ccc(/C=N\NC(=O)CN(Cc2ccc(Cl)c(Cl)c2)S(=O)(=O)c2ccccc2)c(OC)c1OC. The number of benzene rings is 3. The smallest absolute Gasteiger partial charge is 0.255 e. The molecule has 1 amide bonds. The fraction of sp³-hybridized carbons (Fsp3) is 0.200. The summed E-state index contributed by atoms with van der Waals surface area (Å²) < 4.78 is 43.7. The molecule has 3 aromatic rings. The lowest BCUT2D eigenvalue weighted by atomic mass is 10.2. The van der Waals surface area contributed by atoms with Crippen LogP contribution in [0, 0.1) is 0 Å². The normalized spacial score (nSPS) is 11.5. The summed E-state index contributed by atoms with van der Waals surface area (Å²) in [4.78, 5) is 12.8. The van der Waals surface area contributed by atoms with Crippen LogP contribution >= 0.6 is 23.2 Å². The van der Waals surface area contributed by atoms with E-state index in [0.29, 0.717) is 33.4 Å². The Labute approximate surface area is 225 Å². The molecule has 0 unspecified atom stereocenters. The fourth-order valence-electron chi connectivity index (χ4n) is 3.40. The van der Waals surface area contributed by atoms with Gasteiger partial charge in [-0.05, 0) is 42.0 Å². The molecule has 12 heteroatoms. The number of hydrazone groups is 1. The number of ether oxygens (including phenoxy) is 3. The molecule has 9 nitrogen and oxygen atoms in total. The number of nitrogens with zero attached hydrogens (tertiary/aromatic N) is 2. The number of carbonyl (C=O) groups excluding carboxylic acids is 1. The van der Waals surface area contributed by atoms with Gasteiger partial charge in [0.1, 0.15) is 0 Å². The fourth-order valence-corrected chi connectivity index (χ4v) is 5.13. The molecule has 37 heavy (non-hydrogen) atoms. The maximum absolute atomic E-state index is 13.3. The number of amides is 1. The first-order chi connectivity index (χ1) is 17.7. The van der Waals surface area contributed by atoms with Crippen molar-refractivity contribution in [2.45, 2.75) is 11.4 Å². The van der Waals surface area contributed by atoms with Crippen molar-refractivity contribution in [3.8, 4) is 17.2 Å².